The van der Waals surface area contributed by atoms with E-state index in [1.54, 1.807) is 6.07 Å². The average molecular weight is 190 g/mol. The van der Waals surface area contributed by atoms with Crippen LogP contribution in [0.3, 0.4) is 0 Å². The zero-order chi connectivity index (χ0) is 8.59. The molecule has 0 aliphatic heterocycles. The molecule has 1 aromatic carbocycles. The standard InChI is InChI=1S/C8H9Cl2N/c1-4-3-6(9)7(10)5(2)8(4)11/h3H,11H2,1-2H3. The van der Waals surface area contributed by atoms with E-state index in [1.165, 1.54) is 0 Å². The van der Waals surface area contributed by atoms with E-state index in [2.05, 4.69) is 0 Å². The number of anilines is 1. The largest absolute Gasteiger partial charge is 0.398 e. The Kier molecular flexibility index (Phi) is 2.31. The van der Waals surface area contributed by atoms with Crippen molar-refractivity contribution in [2.24, 2.45) is 0 Å². The highest BCUT2D eigenvalue weighted by Gasteiger charge is 2.06. The number of nitrogen functional groups attached to an aromatic ring is 1. The van der Waals surface area contributed by atoms with Gasteiger partial charge in [-0.15, -0.1) is 0 Å². The zero-order valence-electron chi connectivity index (χ0n) is 6.41. The second-order valence-corrected chi connectivity index (χ2v) is 3.31. The molecule has 0 unspecified atom stereocenters. The lowest BCUT2D eigenvalue weighted by Crippen LogP contribution is -1.94. The molecule has 0 atom stereocenters. The summed E-state index contributed by atoms with van der Waals surface area (Å²) in [4.78, 5) is 0. The lowest BCUT2D eigenvalue weighted by Gasteiger charge is -2.07. The van der Waals surface area contributed by atoms with Crippen LogP contribution in [-0.2, 0) is 0 Å². The predicted molar refractivity (Wildman–Crippen MR) is 50.3 cm³/mol. The van der Waals surface area contributed by atoms with E-state index in [0.29, 0.717) is 10.0 Å². The number of hydrogen-bond donors (Lipinski definition) is 1. The van der Waals surface area contributed by atoms with Crippen molar-refractivity contribution < 1.29 is 0 Å². The van der Waals surface area contributed by atoms with E-state index < -0.39 is 0 Å². The molecule has 3 heteroatoms. The van der Waals surface area contributed by atoms with Gasteiger partial charge in [-0.05, 0) is 31.0 Å². The summed E-state index contributed by atoms with van der Waals surface area (Å²) >= 11 is 11.6. The normalized spacial score (nSPS) is 10.2. The molecule has 0 fully saturated rings. The molecule has 11 heavy (non-hydrogen) atoms. The van der Waals surface area contributed by atoms with Crippen LogP contribution in [0.1, 0.15) is 11.1 Å². The van der Waals surface area contributed by atoms with Gasteiger partial charge in [0.05, 0.1) is 10.0 Å². The minimum Gasteiger partial charge on any atom is -0.398 e. The van der Waals surface area contributed by atoms with Crippen LogP contribution in [0.2, 0.25) is 10.0 Å². The molecular weight excluding hydrogens is 181 g/mol. The molecule has 2 N–H and O–H groups in total. The number of benzene rings is 1. The second-order valence-electron chi connectivity index (χ2n) is 2.53. The summed E-state index contributed by atoms with van der Waals surface area (Å²) in [5.41, 5.74) is 8.26. The first kappa shape index (κ1) is 8.69. The minimum atomic E-state index is 0.551. The van der Waals surface area contributed by atoms with Gasteiger partial charge >= 0.3 is 0 Å². The van der Waals surface area contributed by atoms with Crippen LogP contribution in [0.5, 0.6) is 0 Å². The van der Waals surface area contributed by atoms with E-state index in [0.717, 1.165) is 16.8 Å². The van der Waals surface area contributed by atoms with Crippen molar-refractivity contribution in [1.82, 2.24) is 0 Å². The molecule has 0 spiro atoms. The molecule has 0 amide bonds. The molecule has 0 bridgehead atoms. The van der Waals surface area contributed by atoms with Crippen molar-refractivity contribution >= 4 is 28.9 Å². The first-order chi connectivity index (χ1) is 5.04. The first-order valence-electron chi connectivity index (χ1n) is 3.24. The van der Waals surface area contributed by atoms with Crippen molar-refractivity contribution in [3.63, 3.8) is 0 Å². The smallest absolute Gasteiger partial charge is 0.0642 e. The van der Waals surface area contributed by atoms with E-state index in [9.17, 15) is 0 Å². The van der Waals surface area contributed by atoms with Crippen LogP contribution in [0, 0.1) is 13.8 Å². The monoisotopic (exact) mass is 189 g/mol. The fourth-order valence-electron chi connectivity index (χ4n) is 0.924. The fraction of sp³-hybridized carbons (Fsp3) is 0.250. The molecule has 0 radical (unpaired) electrons. The van der Waals surface area contributed by atoms with Gasteiger partial charge in [-0.25, -0.2) is 0 Å². The SMILES string of the molecule is Cc1cc(Cl)c(Cl)c(C)c1N. The summed E-state index contributed by atoms with van der Waals surface area (Å²) in [7, 11) is 0. The van der Waals surface area contributed by atoms with E-state index >= 15 is 0 Å². The molecule has 0 heterocycles. The van der Waals surface area contributed by atoms with Gasteiger partial charge in [0, 0.05) is 5.69 Å². The van der Waals surface area contributed by atoms with Crippen LogP contribution < -0.4 is 5.73 Å². The number of hydrogen-bond acceptors (Lipinski definition) is 1. The van der Waals surface area contributed by atoms with Crippen molar-refractivity contribution in [3.05, 3.63) is 27.2 Å². The molecular formula is C8H9Cl2N. The van der Waals surface area contributed by atoms with Gasteiger partial charge in [0.15, 0.2) is 0 Å². The predicted octanol–water partition coefficient (Wildman–Crippen LogP) is 3.19. The molecule has 1 rings (SSSR count). The van der Waals surface area contributed by atoms with Gasteiger partial charge < -0.3 is 5.73 Å². The number of rotatable bonds is 0. The average Bonchev–Trinajstić information content (AvgIpc) is 1.97. The second kappa shape index (κ2) is 2.92. The summed E-state index contributed by atoms with van der Waals surface area (Å²) in [5.74, 6) is 0. The lowest BCUT2D eigenvalue weighted by molar-refractivity contribution is 1.39. The highest BCUT2D eigenvalue weighted by Crippen LogP contribution is 2.31. The Hall–Kier alpha value is -0.400. The number of nitrogens with two attached hydrogens (primary N) is 1. The molecule has 0 saturated heterocycles. The number of aryl methyl sites for hydroxylation is 1. The van der Waals surface area contributed by atoms with Gasteiger partial charge in [-0.2, -0.15) is 0 Å². The Bertz CT molecular complexity index is 268. The zero-order valence-corrected chi connectivity index (χ0v) is 7.92. The van der Waals surface area contributed by atoms with Gasteiger partial charge in [0.1, 0.15) is 0 Å². The molecule has 0 aromatic heterocycles. The summed E-state index contributed by atoms with van der Waals surface area (Å²) in [5, 5.41) is 1.12. The fourth-order valence-corrected chi connectivity index (χ4v) is 1.39. The van der Waals surface area contributed by atoms with Gasteiger partial charge in [-0.3, -0.25) is 0 Å². The van der Waals surface area contributed by atoms with Crippen LogP contribution in [0.15, 0.2) is 6.07 Å². The highest BCUT2D eigenvalue weighted by molar-refractivity contribution is 6.42. The Labute approximate surface area is 76.1 Å². The molecule has 60 valence electrons. The minimum absolute atomic E-state index is 0.551. The maximum absolute atomic E-state index is 5.84. The van der Waals surface area contributed by atoms with Crippen LogP contribution in [0.25, 0.3) is 0 Å². The van der Waals surface area contributed by atoms with E-state index in [4.69, 9.17) is 28.9 Å². The first-order valence-corrected chi connectivity index (χ1v) is 4.00. The Morgan fingerprint density at radius 1 is 1.27 bits per heavy atom. The summed E-state index contributed by atoms with van der Waals surface area (Å²) in [6.45, 7) is 3.76. The van der Waals surface area contributed by atoms with E-state index in [-0.39, 0.29) is 0 Å². The summed E-state index contributed by atoms with van der Waals surface area (Å²) in [6.07, 6.45) is 0. The Morgan fingerprint density at radius 3 is 2.36 bits per heavy atom. The quantitative estimate of drug-likeness (QED) is 0.624. The maximum Gasteiger partial charge on any atom is 0.0642 e. The van der Waals surface area contributed by atoms with Crippen LogP contribution in [0.4, 0.5) is 5.69 Å². The van der Waals surface area contributed by atoms with Gasteiger partial charge in [0.25, 0.3) is 0 Å². The maximum atomic E-state index is 5.84. The lowest BCUT2D eigenvalue weighted by atomic mass is 10.1. The third kappa shape index (κ3) is 1.44. The molecule has 1 nitrogen and oxygen atoms in total. The Balaban J connectivity index is 3.46. The van der Waals surface area contributed by atoms with Crippen molar-refractivity contribution in [1.29, 1.82) is 0 Å². The summed E-state index contributed by atoms with van der Waals surface area (Å²) in [6, 6.07) is 1.77. The molecule has 0 saturated carbocycles. The third-order valence-electron chi connectivity index (χ3n) is 1.71. The summed E-state index contributed by atoms with van der Waals surface area (Å²) < 4.78 is 0. The molecule has 0 aliphatic carbocycles. The third-order valence-corrected chi connectivity index (χ3v) is 2.59. The Morgan fingerprint density at radius 2 is 1.82 bits per heavy atom. The topological polar surface area (TPSA) is 26.0 Å². The molecule has 1 aromatic rings. The van der Waals surface area contributed by atoms with Crippen molar-refractivity contribution in [2.75, 3.05) is 5.73 Å². The van der Waals surface area contributed by atoms with Crippen LogP contribution >= 0.6 is 23.2 Å². The van der Waals surface area contributed by atoms with Crippen LogP contribution in [-0.4, -0.2) is 0 Å². The van der Waals surface area contributed by atoms with Gasteiger partial charge in [0.2, 0.25) is 0 Å². The van der Waals surface area contributed by atoms with Crippen molar-refractivity contribution in [3.8, 4) is 0 Å². The number of halogens is 2. The van der Waals surface area contributed by atoms with E-state index in [1.807, 2.05) is 13.8 Å². The van der Waals surface area contributed by atoms with Gasteiger partial charge in [-0.1, -0.05) is 23.2 Å². The highest BCUT2D eigenvalue weighted by atomic mass is 35.5. The molecule has 0 aliphatic rings. The van der Waals surface area contributed by atoms with Crippen molar-refractivity contribution in [2.45, 2.75) is 13.8 Å².